The summed E-state index contributed by atoms with van der Waals surface area (Å²) in [6, 6.07) is 8.62. The lowest BCUT2D eigenvalue weighted by atomic mass is 9.96. The third kappa shape index (κ3) is 7.61. The van der Waals surface area contributed by atoms with E-state index in [9.17, 15) is 0 Å². The van der Waals surface area contributed by atoms with Crippen molar-refractivity contribution in [2.75, 3.05) is 47.1 Å². The van der Waals surface area contributed by atoms with Crippen molar-refractivity contribution in [2.24, 2.45) is 10.9 Å². The monoisotopic (exact) mass is 403 g/mol. The third-order valence-corrected chi connectivity index (χ3v) is 5.88. The molecule has 29 heavy (non-hydrogen) atoms. The van der Waals surface area contributed by atoms with E-state index in [1.165, 1.54) is 30.4 Å². The quantitative estimate of drug-likeness (QED) is 0.534. The second kappa shape index (κ2) is 12.2. The molecule has 0 saturated carbocycles. The largest absolute Gasteiger partial charge is 0.381 e. The molecule has 3 rings (SSSR count). The molecule has 0 aromatic heterocycles. The molecule has 2 heterocycles. The van der Waals surface area contributed by atoms with E-state index in [4.69, 9.17) is 14.2 Å². The molecule has 2 fully saturated rings. The molecule has 162 valence electrons. The standard InChI is InChI=1S/C23H37N3O3/c1-24-23(26(2)11-6-19-7-12-27-13-8-19)25-17-20-4-3-5-21(16-20)18-29-22-9-14-28-15-10-22/h3-5,16,19,22H,6-15,17-18H2,1-2H3,(H,24,25). The van der Waals surface area contributed by atoms with Crippen LogP contribution in [0.2, 0.25) is 0 Å². The summed E-state index contributed by atoms with van der Waals surface area (Å²) < 4.78 is 16.9. The van der Waals surface area contributed by atoms with Gasteiger partial charge in [-0.25, -0.2) is 0 Å². The zero-order valence-corrected chi connectivity index (χ0v) is 18.1. The van der Waals surface area contributed by atoms with Gasteiger partial charge in [-0.15, -0.1) is 0 Å². The van der Waals surface area contributed by atoms with Crippen molar-refractivity contribution in [3.63, 3.8) is 0 Å². The zero-order valence-electron chi connectivity index (χ0n) is 18.1. The molecule has 2 aliphatic rings. The highest BCUT2D eigenvalue weighted by Gasteiger charge is 2.16. The van der Waals surface area contributed by atoms with Crippen LogP contribution in [0.15, 0.2) is 29.3 Å². The molecule has 0 atom stereocenters. The summed E-state index contributed by atoms with van der Waals surface area (Å²) in [5.74, 6) is 1.72. The van der Waals surface area contributed by atoms with Crippen LogP contribution in [0, 0.1) is 5.92 Å². The first-order chi connectivity index (χ1) is 14.2. The number of nitrogens with one attached hydrogen (secondary N) is 1. The van der Waals surface area contributed by atoms with Crippen molar-refractivity contribution in [1.82, 2.24) is 10.2 Å². The SMILES string of the molecule is CN=C(NCc1cccc(COC2CCOCC2)c1)N(C)CCC1CCOCC1. The summed E-state index contributed by atoms with van der Waals surface area (Å²) in [4.78, 5) is 6.69. The van der Waals surface area contributed by atoms with E-state index in [0.717, 1.165) is 64.2 Å². The molecule has 0 radical (unpaired) electrons. The van der Waals surface area contributed by atoms with Gasteiger partial charge < -0.3 is 24.4 Å². The fourth-order valence-corrected chi connectivity index (χ4v) is 3.97. The second-order valence-corrected chi connectivity index (χ2v) is 8.11. The smallest absolute Gasteiger partial charge is 0.193 e. The Bertz CT molecular complexity index is 626. The van der Waals surface area contributed by atoms with Crippen molar-refractivity contribution >= 4 is 5.96 Å². The van der Waals surface area contributed by atoms with Gasteiger partial charge in [0, 0.05) is 53.6 Å². The summed E-state index contributed by atoms with van der Waals surface area (Å²) >= 11 is 0. The molecule has 0 unspecified atom stereocenters. The van der Waals surface area contributed by atoms with Crippen molar-refractivity contribution in [3.8, 4) is 0 Å². The Kier molecular flexibility index (Phi) is 9.25. The molecule has 0 amide bonds. The van der Waals surface area contributed by atoms with Crippen molar-refractivity contribution in [2.45, 2.75) is 51.4 Å². The maximum atomic E-state index is 6.06. The normalized spacial score (nSPS) is 19.3. The fraction of sp³-hybridized carbons (Fsp3) is 0.696. The van der Waals surface area contributed by atoms with Gasteiger partial charge in [-0.05, 0) is 49.1 Å². The second-order valence-electron chi connectivity index (χ2n) is 8.11. The van der Waals surface area contributed by atoms with E-state index >= 15 is 0 Å². The van der Waals surface area contributed by atoms with Crippen LogP contribution in [0.3, 0.4) is 0 Å². The van der Waals surface area contributed by atoms with Gasteiger partial charge in [0.25, 0.3) is 0 Å². The van der Waals surface area contributed by atoms with Gasteiger partial charge >= 0.3 is 0 Å². The predicted molar refractivity (Wildman–Crippen MR) is 116 cm³/mol. The molecule has 0 aliphatic carbocycles. The molecular formula is C23H37N3O3. The lowest BCUT2D eigenvalue weighted by molar-refractivity contribution is -0.0390. The molecule has 1 aromatic rings. The van der Waals surface area contributed by atoms with Crippen molar-refractivity contribution in [3.05, 3.63) is 35.4 Å². The number of hydrogen-bond acceptors (Lipinski definition) is 4. The Labute approximate surface area is 175 Å². The van der Waals surface area contributed by atoms with Crippen molar-refractivity contribution < 1.29 is 14.2 Å². The van der Waals surface area contributed by atoms with Gasteiger partial charge in [0.05, 0.1) is 12.7 Å². The van der Waals surface area contributed by atoms with Crippen LogP contribution in [0.25, 0.3) is 0 Å². The van der Waals surface area contributed by atoms with E-state index < -0.39 is 0 Å². The summed E-state index contributed by atoms with van der Waals surface area (Å²) in [5.41, 5.74) is 2.47. The predicted octanol–water partition coefficient (Wildman–Crippen LogP) is 3.21. The molecule has 2 aliphatic heterocycles. The van der Waals surface area contributed by atoms with E-state index in [0.29, 0.717) is 12.7 Å². The molecular weight excluding hydrogens is 366 g/mol. The highest BCUT2D eigenvalue weighted by Crippen LogP contribution is 2.18. The maximum Gasteiger partial charge on any atom is 0.193 e. The summed E-state index contributed by atoms with van der Waals surface area (Å²) in [5, 5.41) is 3.50. The molecule has 6 heteroatoms. The molecule has 2 saturated heterocycles. The minimum atomic E-state index is 0.328. The molecule has 0 spiro atoms. The number of aliphatic imine (C=N–C) groups is 1. The number of rotatable bonds is 8. The number of ether oxygens (including phenoxy) is 3. The number of benzene rings is 1. The van der Waals surface area contributed by atoms with Crippen LogP contribution in [-0.4, -0.2) is 64.0 Å². The first-order valence-electron chi connectivity index (χ1n) is 11.0. The van der Waals surface area contributed by atoms with Crippen LogP contribution in [0.1, 0.15) is 43.2 Å². The van der Waals surface area contributed by atoms with E-state index in [1.54, 1.807) is 0 Å². The minimum absolute atomic E-state index is 0.328. The van der Waals surface area contributed by atoms with Crippen LogP contribution in [-0.2, 0) is 27.4 Å². The van der Waals surface area contributed by atoms with Crippen molar-refractivity contribution in [1.29, 1.82) is 0 Å². The Balaban J connectivity index is 1.42. The molecule has 1 N–H and O–H groups in total. The number of nitrogens with zero attached hydrogens (tertiary/aromatic N) is 2. The van der Waals surface area contributed by atoms with Crippen LogP contribution in [0.5, 0.6) is 0 Å². The first kappa shape index (κ1) is 22.1. The Morgan fingerprint density at radius 2 is 1.79 bits per heavy atom. The van der Waals surface area contributed by atoms with Gasteiger partial charge in [-0.1, -0.05) is 24.3 Å². The average molecular weight is 404 g/mol. The van der Waals surface area contributed by atoms with Crippen LogP contribution in [0.4, 0.5) is 0 Å². The lowest BCUT2D eigenvalue weighted by Gasteiger charge is -2.27. The van der Waals surface area contributed by atoms with Gasteiger partial charge in [0.1, 0.15) is 0 Å². The summed E-state index contributed by atoms with van der Waals surface area (Å²) in [7, 11) is 3.97. The minimum Gasteiger partial charge on any atom is -0.381 e. The van der Waals surface area contributed by atoms with E-state index in [1.807, 2.05) is 7.05 Å². The maximum absolute atomic E-state index is 6.06. The summed E-state index contributed by atoms with van der Waals surface area (Å²) in [6.07, 6.45) is 5.88. The molecule has 0 bridgehead atoms. The highest BCUT2D eigenvalue weighted by molar-refractivity contribution is 5.79. The Morgan fingerprint density at radius 3 is 2.52 bits per heavy atom. The van der Waals surface area contributed by atoms with Gasteiger partial charge in [-0.3, -0.25) is 4.99 Å². The van der Waals surface area contributed by atoms with E-state index in [-0.39, 0.29) is 0 Å². The highest BCUT2D eigenvalue weighted by atomic mass is 16.5. The Hall–Kier alpha value is -1.63. The van der Waals surface area contributed by atoms with Gasteiger partial charge in [-0.2, -0.15) is 0 Å². The zero-order chi connectivity index (χ0) is 20.3. The van der Waals surface area contributed by atoms with Crippen LogP contribution < -0.4 is 5.32 Å². The molecule has 1 aromatic carbocycles. The topological polar surface area (TPSA) is 55.3 Å². The number of guanidine groups is 1. The number of hydrogen-bond donors (Lipinski definition) is 1. The van der Waals surface area contributed by atoms with Crippen LogP contribution >= 0.6 is 0 Å². The average Bonchev–Trinajstić information content (AvgIpc) is 2.78. The van der Waals surface area contributed by atoms with E-state index in [2.05, 4.69) is 46.5 Å². The third-order valence-electron chi connectivity index (χ3n) is 5.88. The molecule has 6 nitrogen and oxygen atoms in total. The van der Waals surface area contributed by atoms with Gasteiger partial charge in [0.2, 0.25) is 0 Å². The summed E-state index contributed by atoms with van der Waals surface area (Å²) in [6.45, 7) is 5.90. The Morgan fingerprint density at radius 1 is 1.10 bits per heavy atom. The van der Waals surface area contributed by atoms with Gasteiger partial charge in [0.15, 0.2) is 5.96 Å². The lowest BCUT2D eigenvalue weighted by Crippen LogP contribution is -2.39. The fourth-order valence-electron chi connectivity index (χ4n) is 3.97. The first-order valence-corrected chi connectivity index (χ1v) is 11.0.